The number of alkyl halides is 2. The summed E-state index contributed by atoms with van der Waals surface area (Å²) in [5.41, 5.74) is 1.04. The van der Waals surface area contributed by atoms with Gasteiger partial charge in [0.15, 0.2) is 11.5 Å². The molecule has 9 heteroatoms. The fraction of sp³-hybridized carbons (Fsp3) is 0.250. The summed E-state index contributed by atoms with van der Waals surface area (Å²) in [7, 11) is 0. The number of aromatic amines is 2. The summed E-state index contributed by atoms with van der Waals surface area (Å²) in [5, 5.41) is 6.49. The molecule has 0 unspecified atom stereocenters. The zero-order valence-electron chi connectivity index (χ0n) is 13.3. The van der Waals surface area contributed by atoms with Crippen molar-refractivity contribution in [2.75, 3.05) is 0 Å². The van der Waals surface area contributed by atoms with Crippen molar-refractivity contribution in [3.05, 3.63) is 39.8 Å². The van der Waals surface area contributed by atoms with Crippen molar-refractivity contribution in [2.45, 2.75) is 26.6 Å². The Hall–Kier alpha value is -2.61. The second-order valence-electron chi connectivity index (χ2n) is 5.51. The van der Waals surface area contributed by atoms with Crippen LogP contribution in [0, 0.1) is 0 Å². The minimum absolute atomic E-state index is 0.0841. The normalized spacial score (nSPS) is 11.5. The number of fused-ring (bicyclic) bond motifs is 1. The van der Waals surface area contributed by atoms with Gasteiger partial charge in [-0.25, -0.2) is 5.10 Å². The van der Waals surface area contributed by atoms with Gasteiger partial charge in [-0.1, -0.05) is 11.6 Å². The minimum atomic E-state index is -2.97. The Morgan fingerprint density at radius 3 is 2.60 bits per heavy atom. The average molecular weight is 370 g/mol. The van der Waals surface area contributed by atoms with Crippen LogP contribution in [-0.4, -0.2) is 27.9 Å². The van der Waals surface area contributed by atoms with E-state index in [9.17, 15) is 13.6 Å². The maximum atomic E-state index is 12.6. The second kappa shape index (κ2) is 6.72. The molecule has 25 heavy (non-hydrogen) atoms. The Bertz CT molecular complexity index is 969. The third kappa shape index (κ3) is 3.43. The lowest BCUT2D eigenvalue weighted by Crippen LogP contribution is -2.09. The quantitative estimate of drug-likeness (QED) is 0.713. The summed E-state index contributed by atoms with van der Waals surface area (Å²) in [6.07, 6.45) is 1.19. The molecule has 0 radical (unpaired) electrons. The third-order valence-electron chi connectivity index (χ3n) is 3.37. The number of nitrogens with zero attached hydrogens (tertiary/aromatic N) is 1. The molecule has 0 fully saturated rings. The van der Waals surface area contributed by atoms with Crippen LogP contribution in [0.2, 0.25) is 5.02 Å². The lowest BCUT2D eigenvalue weighted by Gasteiger charge is -2.15. The summed E-state index contributed by atoms with van der Waals surface area (Å²) < 4.78 is 35.1. The molecule has 132 valence electrons. The van der Waals surface area contributed by atoms with E-state index in [1.807, 2.05) is 0 Å². The lowest BCUT2D eigenvalue weighted by molar-refractivity contribution is -0.0518. The van der Waals surface area contributed by atoms with Gasteiger partial charge < -0.3 is 14.5 Å². The molecule has 3 rings (SSSR count). The van der Waals surface area contributed by atoms with Crippen LogP contribution in [0.15, 0.2) is 29.2 Å². The lowest BCUT2D eigenvalue weighted by atomic mass is 10.1. The Kier molecular flexibility index (Phi) is 4.63. The molecule has 0 atom stereocenters. The molecule has 0 aliphatic rings. The molecule has 0 saturated heterocycles. The number of H-pyrrole nitrogens is 2. The van der Waals surface area contributed by atoms with Gasteiger partial charge in [-0.2, -0.15) is 13.9 Å². The van der Waals surface area contributed by atoms with Crippen molar-refractivity contribution in [2.24, 2.45) is 0 Å². The number of halogens is 3. The van der Waals surface area contributed by atoms with Crippen LogP contribution in [0.3, 0.4) is 0 Å². The summed E-state index contributed by atoms with van der Waals surface area (Å²) in [6, 6.07) is 4.43. The maximum Gasteiger partial charge on any atom is 0.387 e. The number of aromatic nitrogens is 3. The molecule has 6 nitrogen and oxygen atoms in total. The standard InChI is InChI=1S/C16H14ClF2N3O3/c1-7(2)24-11-5-8(3-4-10(11)25-16(18)19)14-13(17)12-9(21-14)6-20-22-15(12)23/h3-7,16,21H,1-2H3,(H,22,23). The zero-order valence-corrected chi connectivity index (χ0v) is 14.0. The maximum absolute atomic E-state index is 12.6. The van der Waals surface area contributed by atoms with Crippen LogP contribution in [0.25, 0.3) is 22.2 Å². The molecule has 0 spiro atoms. The van der Waals surface area contributed by atoms with Crippen LogP contribution >= 0.6 is 11.6 Å². The first-order valence-electron chi connectivity index (χ1n) is 7.37. The highest BCUT2D eigenvalue weighted by Gasteiger charge is 2.18. The van der Waals surface area contributed by atoms with Crippen molar-refractivity contribution in [3.63, 3.8) is 0 Å². The van der Waals surface area contributed by atoms with E-state index in [1.165, 1.54) is 18.3 Å². The van der Waals surface area contributed by atoms with E-state index < -0.39 is 12.2 Å². The molecule has 3 aromatic rings. The SMILES string of the molecule is CC(C)Oc1cc(-c2[nH]c3cn[nH]c(=O)c3c2Cl)ccc1OC(F)F. The Morgan fingerprint density at radius 1 is 1.20 bits per heavy atom. The van der Waals surface area contributed by atoms with Gasteiger partial charge in [-0.3, -0.25) is 4.79 Å². The predicted octanol–water partition coefficient (Wildman–Crippen LogP) is 3.96. The van der Waals surface area contributed by atoms with E-state index in [1.54, 1.807) is 19.9 Å². The van der Waals surface area contributed by atoms with Crippen molar-refractivity contribution in [3.8, 4) is 22.8 Å². The van der Waals surface area contributed by atoms with Crippen LogP contribution in [0.5, 0.6) is 11.5 Å². The molecular formula is C16H14ClF2N3O3. The van der Waals surface area contributed by atoms with Crippen LogP contribution < -0.4 is 15.0 Å². The van der Waals surface area contributed by atoms with Crippen molar-refractivity contribution < 1.29 is 18.3 Å². The smallest absolute Gasteiger partial charge is 0.387 e. The van der Waals surface area contributed by atoms with Gasteiger partial charge >= 0.3 is 6.61 Å². The highest BCUT2D eigenvalue weighted by atomic mass is 35.5. The third-order valence-corrected chi connectivity index (χ3v) is 3.74. The summed E-state index contributed by atoms with van der Waals surface area (Å²) in [5.74, 6) is 0.0637. The van der Waals surface area contributed by atoms with E-state index in [0.717, 1.165) is 0 Å². The fourth-order valence-electron chi connectivity index (χ4n) is 2.43. The van der Waals surface area contributed by atoms with Crippen LogP contribution in [-0.2, 0) is 0 Å². The topological polar surface area (TPSA) is 80.0 Å². The molecule has 2 aromatic heterocycles. The van der Waals surface area contributed by atoms with Gasteiger partial charge in [0.2, 0.25) is 0 Å². The van der Waals surface area contributed by atoms with Gasteiger partial charge in [-0.15, -0.1) is 0 Å². The second-order valence-corrected chi connectivity index (χ2v) is 5.89. The summed E-state index contributed by atoms with van der Waals surface area (Å²) >= 11 is 6.31. The number of benzene rings is 1. The highest BCUT2D eigenvalue weighted by molar-refractivity contribution is 6.38. The van der Waals surface area contributed by atoms with Gasteiger partial charge in [0, 0.05) is 5.56 Å². The number of hydrogen-bond acceptors (Lipinski definition) is 4. The molecule has 0 bridgehead atoms. The van der Waals surface area contributed by atoms with E-state index in [4.69, 9.17) is 16.3 Å². The zero-order chi connectivity index (χ0) is 18.1. The number of hydrogen-bond donors (Lipinski definition) is 2. The first-order chi connectivity index (χ1) is 11.9. The van der Waals surface area contributed by atoms with Crippen molar-refractivity contribution in [1.82, 2.24) is 15.2 Å². The van der Waals surface area contributed by atoms with Crippen LogP contribution in [0.1, 0.15) is 13.8 Å². The average Bonchev–Trinajstić information content (AvgIpc) is 2.86. The first kappa shape index (κ1) is 17.2. The van der Waals surface area contributed by atoms with Gasteiger partial charge in [0.05, 0.1) is 33.9 Å². The Balaban J connectivity index is 2.13. The number of rotatable bonds is 5. The highest BCUT2D eigenvalue weighted by Crippen LogP contribution is 2.38. The molecule has 2 N–H and O–H groups in total. The van der Waals surface area contributed by atoms with Gasteiger partial charge in [0.25, 0.3) is 5.56 Å². The first-order valence-corrected chi connectivity index (χ1v) is 7.75. The number of nitrogens with one attached hydrogen (secondary N) is 2. The van der Waals surface area contributed by atoms with E-state index in [-0.39, 0.29) is 28.0 Å². The van der Waals surface area contributed by atoms with Gasteiger partial charge in [0.1, 0.15) is 0 Å². The monoisotopic (exact) mass is 369 g/mol. The van der Waals surface area contributed by atoms with E-state index in [2.05, 4.69) is 19.9 Å². The molecular weight excluding hydrogens is 356 g/mol. The molecule has 0 amide bonds. The molecule has 1 aromatic carbocycles. The van der Waals surface area contributed by atoms with Crippen molar-refractivity contribution >= 4 is 22.5 Å². The van der Waals surface area contributed by atoms with Gasteiger partial charge in [-0.05, 0) is 32.0 Å². The molecule has 0 aliphatic heterocycles. The Morgan fingerprint density at radius 2 is 1.96 bits per heavy atom. The molecule has 0 saturated carbocycles. The molecule has 0 aliphatic carbocycles. The Labute approximate surface area is 145 Å². The summed E-state index contributed by atoms with van der Waals surface area (Å²) in [6.45, 7) is 0.557. The largest absolute Gasteiger partial charge is 0.487 e. The van der Waals surface area contributed by atoms with E-state index >= 15 is 0 Å². The summed E-state index contributed by atoms with van der Waals surface area (Å²) in [4.78, 5) is 14.9. The van der Waals surface area contributed by atoms with E-state index in [0.29, 0.717) is 16.8 Å². The van der Waals surface area contributed by atoms with Crippen LogP contribution in [0.4, 0.5) is 8.78 Å². The predicted molar refractivity (Wildman–Crippen MR) is 89.6 cm³/mol. The van der Waals surface area contributed by atoms with Crippen molar-refractivity contribution in [1.29, 1.82) is 0 Å². The number of ether oxygens (including phenoxy) is 2. The minimum Gasteiger partial charge on any atom is -0.487 e. The molecule has 2 heterocycles. The fourth-order valence-corrected chi connectivity index (χ4v) is 2.77.